The lowest BCUT2D eigenvalue weighted by Gasteiger charge is -2.30. The minimum absolute atomic E-state index is 0.00509. The van der Waals surface area contributed by atoms with E-state index >= 15 is 0 Å². The van der Waals surface area contributed by atoms with Crippen molar-refractivity contribution in [2.45, 2.75) is 18.6 Å². The van der Waals surface area contributed by atoms with E-state index < -0.39 is 23.8 Å². The molecule has 0 aliphatic carbocycles. The van der Waals surface area contributed by atoms with Crippen LogP contribution in [0, 0.1) is 11.6 Å². The van der Waals surface area contributed by atoms with Crippen LogP contribution in [0.2, 0.25) is 5.02 Å². The molecule has 0 radical (unpaired) electrons. The molecule has 1 aliphatic heterocycles. The fourth-order valence-corrected chi connectivity index (χ4v) is 2.56. The highest BCUT2D eigenvalue weighted by Crippen LogP contribution is 2.42. The van der Waals surface area contributed by atoms with E-state index in [0.29, 0.717) is 11.3 Å². The Hall–Kier alpha value is -1.65. The molecule has 1 aliphatic rings. The quantitative estimate of drug-likeness (QED) is 0.855. The predicted molar refractivity (Wildman–Crippen MR) is 70.8 cm³/mol. The van der Waals surface area contributed by atoms with Gasteiger partial charge in [-0.3, -0.25) is 0 Å². The van der Waals surface area contributed by atoms with Gasteiger partial charge in [0.2, 0.25) is 0 Å². The SMILES string of the molecule is O[C@@H]1CC(c2cccc(Cl)c2F)Oc2ccc(F)cc21. The highest BCUT2D eigenvalue weighted by molar-refractivity contribution is 6.30. The van der Waals surface area contributed by atoms with Gasteiger partial charge >= 0.3 is 0 Å². The lowest BCUT2D eigenvalue weighted by molar-refractivity contribution is 0.0636. The first-order valence-corrected chi connectivity index (χ1v) is 6.52. The minimum Gasteiger partial charge on any atom is -0.485 e. The van der Waals surface area contributed by atoms with Crippen LogP contribution in [0.15, 0.2) is 36.4 Å². The van der Waals surface area contributed by atoms with Crippen molar-refractivity contribution >= 4 is 11.6 Å². The molecule has 2 nitrogen and oxygen atoms in total. The van der Waals surface area contributed by atoms with Gasteiger partial charge in [-0.1, -0.05) is 23.7 Å². The molecule has 0 amide bonds. The molecule has 0 saturated heterocycles. The number of aliphatic hydroxyl groups excluding tert-OH is 1. The maximum Gasteiger partial charge on any atom is 0.148 e. The number of halogens is 3. The molecule has 2 atom stereocenters. The van der Waals surface area contributed by atoms with Crippen molar-refractivity contribution in [2.24, 2.45) is 0 Å². The number of rotatable bonds is 1. The predicted octanol–water partition coefficient (Wildman–Crippen LogP) is 4.18. The fraction of sp³-hybridized carbons (Fsp3) is 0.200. The molecule has 1 heterocycles. The van der Waals surface area contributed by atoms with E-state index in [2.05, 4.69) is 0 Å². The number of fused-ring (bicyclic) bond motifs is 1. The number of aliphatic hydroxyl groups is 1. The lowest BCUT2D eigenvalue weighted by Crippen LogP contribution is -2.20. The van der Waals surface area contributed by atoms with Gasteiger partial charge < -0.3 is 9.84 Å². The Bertz CT molecular complexity index is 660. The Morgan fingerprint density at radius 1 is 1.15 bits per heavy atom. The molecule has 0 spiro atoms. The van der Waals surface area contributed by atoms with Gasteiger partial charge in [-0.15, -0.1) is 0 Å². The van der Waals surface area contributed by atoms with Gasteiger partial charge in [-0.05, 0) is 24.3 Å². The van der Waals surface area contributed by atoms with Crippen molar-refractivity contribution in [3.8, 4) is 5.75 Å². The van der Waals surface area contributed by atoms with E-state index in [4.69, 9.17) is 16.3 Å². The molecule has 2 aromatic carbocycles. The van der Waals surface area contributed by atoms with Gasteiger partial charge in [0.1, 0.15) is 23.5 Å². The molecule has 2 aromatic rings. The molecule has 3 rings (SSSR count). The molecule has 0 saturated carbocycles. The third-order valence-electron chi connectivity index (χ3n) is 3.37. The molecule has 0 fully saturated rings. The first-order valence-electron chi connectivity index (χ1n) is 6.14. The van der Waals surface area contributed by atoms with Gasteiger partial charge in [0, 0.05) is 17.5 Å². The molecule has 104 valence electrons. The minimum atomic E-state index is -0.905. The van der Waals surface area contributed by atoms with Gasteiger partial charge in [-0.25, -0.2) is 8.78 Å². The van der Waals surface area contributed by atoms with Crippen LogP contribution >= 0.6 is 11.6 Å². The van der Waals surface area contributed by atoms with Crippen molar-refractivity contribution < 1.29 is 18.6 Å². The van der Waals surface area contributed by atoms with Crippen molar-refractivity contribution in [3.63, 3.8) is 0 Å². The van der Waals surface area contributed by atoms with Crippen LogP contribution in [-0.4, -0.2) is 5.11 Å². The Kier molecular flexibility index (Phi) is 3.36. The van der Waals surface area contributed by atoms with Crippen molar-refractivity contribution in [1.29, 1.82) is 0 Å². The zero-order chi connectivity index (χ0) is 14.3. The number of hydrogen-bond donors (Lipinski definition) is 1. The standard InChI is InChI=1S/C15H11ClF2O2/c16-11-3-1-2-9(15(11)18)14-7-12(19)10-6-8(17)4-5-13(10)20-14/h1-6,12,14,19H,7H2/t12-,14?/m1/s1. The van der Waals surface area contributed by atoms with Crippen LogP contribution in [0.1, 0.15) is 29.8 Å². The van der Waals surface area contributed by atoms with Gasteiger partial charge in [-0.2, -0.15) is 0 Å². The number of ether oxygens (including phenoxy) is 1. The largest absolute Gasteiger partial charge is 0.485 e. The van der Waals surface area contributed by atoms with Crippen LogP contribution in [0.25, 0.3) is 0 Å². The molecule has 0 bridgehead atoms. The van der Waals surface area contributed by atoms with Crippen molar-refractivity contribution in [1.82, 2.24) is 0 Å². The average Bonchev–Trinajstić information content (AvgIpc) is 2.42. The summed E-state index contributed by atoms with van der Waals surface area (Å²) in [6, 6.07) is 8.53. The Morgan fingerprint density at radius 3 is 2.75 bits per heavy atom. The zero-order valence-electron chi connectivity index (χ0n) is 10.3. The zero-order valence-corrected chi connectivity index (χ0v) is 11.1. The molecule has 5 heteroatoms. The summed E-state index contributed by atoms with van der Waals surface area (Å²) in [6.07, 6.45) is -1.41. The van der Waals surface area contributed by atoms with Crippen LogP contribution < -0.4 is 4.74 Å². The summed E-state index contributed by atoms with van der Waals surface area (Å²) in [4.78, 5) is 0. The summed E-state index contributed by atoms with van der Waals surface area (Å²) in [7, 11) is 0. The summed E-state index contributed by atoms with van der Waals surface area (Å²) in [5, 5.41) is 10.1. The van der Waals surface area contributed by atoms with Crippen molar-refractivity contribution in [3.05, 3.63) is 64.2 Å². The molecular formula is C15H11ClF2O2. The second kappa shape index (κ2) is 5.04. The fourth-order valence-electron chi connectivity index (χ4n) is 2.38. The molecule has 1 N–H and O–H groups in total. The van der Waals surface area contributed by atoms with E-state index in [1.807, 2.05) is 0 Å². The average molecular weight is 297 g/mol. The van der Waals surface area contributed by atoms with Gasteiger partial charge in [0.15, 0.2) is 0 Å². The van der Waals surface area contributed by atoms with E-state index in [1.54, 1.807) is 12.1 Å². The van der Waals surface area contributed by atoms with Crippen LogP contribution in [-0.2, 0) is 0 Å². The maximum atomic E-state index is 14.0. The van der Waals surface area contributed by atoms with Crippen LogP contribution in [0.4, 0.5) is 8.78 Å². The van der Waals surface area contributed by atoms with E-state index in [-0.39, 0.29) is 17.0 Å². The van der Waals surface area contributed by atoms with E-state index in [1.165, 1.54) is 24.3 Å². The topological polar surface area (TPSA) is 29.5 Å². The molecule has 1 unspecified atom stereocenters. The second-order valence-electron chi connectivity index (χ2n) is 4.68. The number of benzene rings is 2. The van der Waals surface area contributed by atoms with Crippen LogP contribution in [0.3, 0.4) is 0 Å². The van der Waals surface area contributed by atoms with Gasteiger partial charge in [0.25, 0.3) is 0 Å². The summed E-state index contributed by atoms with van der Waals surface area (Å²) < 4.78 is 32.8. The van der Waals surface area contributed by atoms with E-state index in [9.17, 15) is 13.9 Å². The summed E-state index contributed by atoms with van der Waals surface area (Å²) in [6.45, 7) is 0. The summed E-state index contributed by atoms with van der Waals surface area (Å²) in [5.41, 5.74) is 0.662. The Balaban J connectivity index is 1.99. The third kappa shape index (κ3) is 2.25. The Morgan fingerprint density at radius 2 is 1.95 bits per heavy atom. The lowest BCUT2D eigenvalue weighted by atomic mass is 9.94. The highest BCUT2D eigenvalue weighted by Gasteiger charge is 2.30. The molecule has 0 aromatic heterocycles. The van der Waals surface area contributed by atoms with E-state index in [0.717, 1.165) is 0 Å². The first-order chi connectivity index (χ1) is 9.56. The maximum absolute atomic E-state index is 14.0. The molecule has 20 heavy (non-hydrogen) atoms. The van der Waals surface area contributed by atoms with Gasteiger partial charge in [0.05, 0.1) is 11.1 Å². The molecular weight excluding hydrogens is 286 g/mol. The monoisotopic (exact) mass is 296 g/mol. The van der Waals surface area contributed by atoms with Crippen molar-refractivity contribution in [2.75, 3.05) is 0 Å². The van der Waals surface area contributed by atoms with Crippen LogP contribution in [0.5, 0.6) is 5.75 Å². The summed E-state index contributed by atoms with van der Waals surface area (Å²) in [5.74, 6) is -0.648. The highest BCUT2D eigenvalue weighted by atomic mass is 35.5. The summed E-state index contributed by atoms with van der Waals surface area (Å²) >= 11 is 5.75. The second-order valence-corrected chi connectivity index (χ2v) is 5.09. The third-order valence-corrected chi connectivity index (χ3v) is 3.66. The smallest absolute Gasteiger partial charge is 0.148 e. The first kappa shape index (κ1) is 13.3. The normalized spacial score (nSPS) is 21.2. The number of hydrogen-bond acceptors (Lipinski definition) is 2. The Labute approximate surface area is 119 Å².